The van der Waals surface area contributed by atoms with Crippen LogP contribution in [-0.2, 0) is 15.8 Å². The molecular weight excluding hydrogens is 619 g/mol. The molecule has 1 fully saturated rings. The first-order valence-corrected chi connectivity index (χ1v) is 16.2. The number of carbonyl (C=O) groups is 3. The van der Waals surface area contributed by atoms with Crippen molar-refractivity contribution in [2.45, 2.75) is 97.4 Å². The maximum absolute atomic E-state index is 14.5. The molecule has 2 aromatic carbocycles. The van der Waals surface area contributed by atoms with Crippen molar-refractivity contribution in [1.82, 2.24) is 10.2 Å². The number of rotatable bonds is 10. The molecule has 250 valence electrons. The molecule has 1 heterocycles. The van der Waals surface area contributed by atoms with Crippen LogP contribution in [0.15, 0.2) is 47.5 Å². The van der Waals surface area contributed by atoms with Crippen LogP contribution in [-0.4, -0.2) is 45.7 Å². The lowest BCUT2D eigenvalue weighted by atomic mass is 9.75. The average Bonchev–Trinajstić information content (AvgIpc) is 3.23. The number of hydrogen-bond donors (Lipinski definition) is 2. The highest BCUT2D eigenvalue weighted by Crippen LogP contribution is 2.49. The Hall–Kier alpha value is -3.40. The summed E-state index contributed by atoms with van der Waals surface area (Å²) in [7, 11) is 0. The van der Waals surface area contributed by atoms with Gasteiger partial charge in [-0.3, -0.25) is 19.4 Å². The van der Waals surface area contributed by atoms with E-state index in [0.717, 1.165) is 37.0 Å². The second-order valence-corrected chi connectivity index (χ2v) is 14.5. The van der Waals surface area contributed by atoms with E-state index in [4.69, 9.17) is 21.7 Å². The number of alkyl halides is 3. The van der Waals surface area contributed by atoms with Gasteiger partial charge in [0.2, 0.25) is 0 Å². The van der Waals surface area contributed by atoms with Crippen molar-refractivity contribution >= 4 is 35.1 Å². The maximum Gasteiger partial charge on any atom is 0.416 e. The molecule has 2 N–H and O–H groups in total. The van der Waals surface area contributed by atoms with Crippen molar-refractivity contribution in [1.29, 1.82) is 0 Å². The third kappa shape index (κ3) is 8.30. The second-order valence-electron chi connectivity index (χ2n) is 14.1. The van der Waals surface area contributed by atoms with E-state index in [0.29, 0.717) is 36.7 Å². The normalized spacial score (nSPS) is 21.1. The molecule has 2 amide bonds. The predicted octanol–water partition coefficient (Wildman–Crippen LogP) is 8.30. The summed E-state index contributed by atoms with van der Waals surface area (Å²) in [6.07, 6.45) is -0.733. The number of hydrogen-bond acceptors (Lipinski definition) is 4. The fourth-order valence-corrected chi connectivity index (χ4v) is 6.74. The zero-order valence-corrected chi connectivity index (χ0v) is 27.8. The Morgan fingerprint density at radius 3 is 2.26 bits per heavy atom. The zero-order chi connectivity index (χ0) is 34.0. The van der Waals surface area contributed by atoms with Crippen LogP contribution in [0.2, 0.25) is 5.02 Å². The number of nitrogens with zero attached hydrogens (tertiary/aromatic N) is 2. The van der Waals surface area contributed by atoms with Gasteiger partial charge in [-0.15, -0.1) is 0 Å². The summed E-state index contributed by atoms with van der Waals surface area (Å²) in [5, 5.41) is 11.3. The molecule has 0 unspecified atom stereocenters. The van der Waals surface area contributed by atoms with Gasteiger partial charge in [0.15, 0.2) is 0 Å². The van der Waals surface area contributed by atoms with E-state index in [9.17, 15) is 27.6 Å². The first kappa shape index (κ1) is 35.5. The molecule has 1 spiro atoms. The highest BCUT2D eigenvalue weighted by molar-refractivity contribution is 6.47. The topological polar surface area (TPSA) is 99.1 Å². The first-order chi connectivity index (χ1) is 21.4. The molecule has 46 heavy (non-hydrogen) atoms. The minimum atomic E-state index is -4.65. The average molecular weight is 662 g/mol. The Bertz CT molecular complexity index is 1470. The molecule has 0 radical (unpaired) electrons. The summed E-state index contributed by atoms with van der Waals surface area (Å²) in [4.78, 5) is 44.8. The monoisotopic (exact) mass is 661 g/mol. The summed E-state index contributed by atoms with van der Waals surface area (Å²) in [6.45, 7) is 10.7. The summed E-state index contributed by atoms with van der Waals surface area (Å²) in [6, 6.07) is 9.57. The van der Waals surface area contributed by atoms with Crippen LogP contribution < -0.4 is 5.32 Å². The SMILES string of the molecule is CC(C)C1CCC2(CC1)N=C(c1cc(Cl)cc(C(F)(F)F)c1)C(=O)N2[C@H](CCC(C)(C)C)c1ccc(C(=O)NCCC(=O)O)cc1. The minimum Gasteiger partial charge on any atom is -0.481 e. The van der Waals surface area contributed by atoms with E-state index in [1.54, 1.807) is 29.2 Å². The van der Waals surface area contributed by atoms with Gasteiger partial charge in [-0.1, -0.05) is 58.4 Å². The van der Waals surface area contributed by atoms with Gasteiger partial charge in [0.1, 0.15) is 11.4 Å². The lowest BCUT2D eigenvalue weighted by Crippen LogP contribution is -2.51. The maximum atomic E-state index is 14.5. The molecule has 1 aliphatic carbocycles. The number of nitrogens with one attached hydrogen (secondary N) is 1. The quantitative estimate of drug-likeness (QED) is 0.268. The van der Waals surface area contributed by atoms with E-state index in [1.165, 1.54) is 6.07 Å². The van der Waals surface area contributed by atoms with Crippen molar-refractivity contribution in [3.63, 3.8) is 0 Å². The third-order valence-electron chi connectivity index (χ3n) is 9.12. The van der Waals surface area contributed by atoms with Gasteiger partial charge in [0.05, 0.1) is 18.0 Å². The zero-order valence-electron chi connectivity index (χ0n) is 27.0. The summed E-state index contributed by atoms with van der Waals surface area (Å²) >= 11 is 6.15. The molecular formula is C35H43ClF3N3O4. The van der Waals surface area contributed by atoms with Crippen LogP contribution in [0, 0.1) is 17.3 Å². The molecule has 11 heteroatoms. The number of halogens is 4. The summed E-state index contributed by atoms with van der Waals surface area (Å²) in [5.74, 6) is -0.978. The molecule has 2 aliphatic rings. The van der Waals surface area contributed by atoms with Crippen molar-refractivity contribution in [2.75, 3.05) is 6.54 Å². The number of amides is 2. The third-order valence-corrected chi connectivity index (χ3v) is 9.34. The fraction of sp³-hybridized carbons (Fsp3) is 0.543. The van der Waals surface area contributed by atoms with E-state index in [1.807, 2.05) is 0 Å². The Labute approximate surface area is 273 Å². The minimum absolute atomic E-state index is 0.00797. The van der Waals surface area contributed by atoms with E-state index >= 15 is 0 Å². The summed E-state index contributed by atoms with van der Waals surface area (Å²) < 4.78 is 41.3. The van der Waals surface area contributed by atoms with Crippen molar-refractivity contribution in [3.8, 4) is 0 Å². The molecule has 4 rings (SSSR count). The Kier molecular flexibility index (Phi) is 10.6. The lowest BCUT2D eigenvalue weighted by Gasteiger charge is -2.46. The number of carboxylic acid groups (broad SMARTS) is 1. The van der Waals surface area contributed by atoms with E-state index < -0.39 is 41.2 Å². The lowest BCUT2D eigenvalue weighted by molar-refractivity contribution is -0.138. The van der Waals surface area contributed by atoms with Gasteiger partial charge in [0.25, 0.3) is 11.8 Å². The number of carboxylic acids is 1. The number of aliphatic carboxylic acids is 1. The van der Waals surface area contributed by atoms with E-state index in [-0.39, 0.29) is 34.7 Å². The summed E-state index contributed by atoms with van der Waals surface area (Å²) in [5.41, 5.74) is -0.808. The molecule has 1 atom stereocenters. The van der Waals surface area contributed by atoms with Gasteiger partial charge in [0, 0.05) is 22.7 Å². The van der Waals surface area contributed by atoms with E-state index in [2.05, 4.69) is 39.9 Å². The fourth-order valence-electron chi connectivity index (χ4n) is 6.50. The van der Waals surface area contributed by atoms with Gasteiger partial charge in [-0.2, -0.15) is 13.2 Å². The standard InChI is InChI=1S/C35H43ClF3N3O4/c1-21(2)22-10-15-34(16-11-22)41-30(25-18-26(35(37,38)39)20-27(36)19-25)32(46)42(34)28(12-14-33(3,4)5)23-6-8-24(9-7-23)31(45)40-17-13-29(43)44/h6-9,18-22,28H,10-17H2,1-5H3,(H,40,45)(H,43,44)/t22?,28-,34?/m1/s1. The van der Waals surface area contributed by atoms with Crippen LogP contribution >= 0.6 is 11.6 Å². The highest BCUT2D eigenvalue weighted by Gasteiger charge is 2.52. The van der Waals surface area contributed by atoms with Gasteiger partial charge in [-0.05, 0) is 91.7 Å². The van der Waals surface area contributed by atoms with Crippen molar-refractivity contribution < 1.29 is 32.7 Å². The predicted molar refractivity (Wildman–Crippen MR) is 172 cm³/mol. The highest BCUT2D eigenvalue weighted by atomic mass is 35.5. The smallest absolute Gasteiger partial charge is 0.416 e. The van der Waals surface area contributed by atoms with Crippen molar-refractivity contribution in [3.05, 3.63) is 69.7 Å². The number of carbonyl (C=O) groups excluding carboxylic acids is 2. The number of aliphatic imine (C=N–C) groups is 1. The number of benzene rings is 2. The van der Waals surface area contributed by atoms with Crippen LogP contribution in [0.1, 0.15) is 113 Å². The molecule has 0 bridgehead atoms. The molecule has 7 nitrogen and oxygen atoms in total. The van der Waals surface area contributed by atoms with Gasteiger partial charge >= 0.3 is 12.1 Å². The molecule has 2 aromatic rings. The van der Waals surface area contributed by atoms with Crippen molar-refractivity contribution in [2.24, 2.45) is 22.2 Å². The Morgan fingerprint density at radius 2 is 1.72 bits per heavy atom. The first-order valence-electron chi connectivity index (χ1n) is 15.8. The molecule has 0 saturated heterocycles. The van der Waals surface area contributed by atoms with Crippen LogP contribution in [0.5, 0.6) is 0 Å². The molecule has 0 aromatic heterocycles. The van der Waals surface area contributed by atoms with Crippen LogP contribution in [0.25, 0.3) is 0 Å². The Morgan fingerprint density at radius 1 is 1.09 bits per heavy atom. The van der Waals surface area contributed by atoms with Crippen LogP contribution in [0.4, 0.5) is 13.2 Å². The Balaban J connectivity index is 1.77. The van der Waals surface area contributed by atoms with Crippen LogP contribution in [0.3, 0.4) is 0 Å². The molecule has 1 saturated carbocycles. The second kappa shape index (κ2) is 13.8. The largest absolute Gasteiger partial charge is 0.481 e. The molecule has 1 aliphatic heterocycles. The van der Waals surface area contributed by atoms with Gasteiger partial charge in [-0.25, -0.2) is 0 Å². The van der Waals surface area contributed by atoms with Gasteiger partial charge < -0.3 is 15.3 Å².